The van der Waals surface area contributed by atoms with Crippen LogP contribution in [0.4, 0.5) is 26.3 Å². The fraction of sp³-hybridized carbons (Fsp3) is 0.160. The highest BCUT2D eigenvalue weighted by Gasteiger charge is 2.35. The minimum atomic E-state index is -4.59. The molecule has 1 N–H and O–H groups in total. The van der Waals surface area contributed by atoms with Crippen molar-refractivity contribution in [3.05, 3.63) is 83.8 Å². The smallest absolute Gasteiger partial charge is 0.434 e. The summed E-state index contributed by atoms with van der Waals surface area (Å²) in [5, 5.41) is 0. The van der Waals surface area contributed by atoms with E-state index in [1.54, 1.807) is 36.5 Å². The van der Waals surface area contributed by atoms with Gasteiger partial charge in [-0.1, -0.05) is 42.5 Å². The Hall–Kier alpha value is -4.35. The monoisotopic (exact) mass is 517 g/mol. The van der Waals surface area contributed by atoms with Crippen molar-refractivity contribution in [1.29, 1.82) is 0 Å². The number of aromatic amines is 1. The van der Waals surface area contributed by atoms with Crippen LogP contribution in [0.3, 0.4) is 0 Å². The van der Waals surface area contributed by atoms with Crippen LogP contribution in [0.25, 0.3) is 33.8 Å². The van der Waals surface area contributed by atoms with Gasteiger partial charge in [-0.25, -0.2) is 9.97 Å². The minimum Gasteiger partial charge on any atom is -0.471 e. The number of halogens is 6. The van der Waals surface area contributed by atoms with Crippen LogP contribution in [0.2, 0.25) is 0 Å². The number of nitrogens with zero attached hydrogens (tertiary/aromatic N) is 4. The minimum absolute atomic E-state index is 0.000136. The van der Waals surface area contributed by atoms with Crippen molar-refractivity contribution in [2.45, 2.75) is 19.0 Å². The van der Waals surface area contributed by atoms with Crippen LogP contribution < -0.4 is 4.74 Å². The molecule has 0 saturated carbocycles. The standard InChI is InChI=1S/C25H17F6N5O/c1-36-12-19(25(29,30)31)34-22(36)15-8-6-14(7-9-15)13-37-23-20-18(10-11-32-20)33-21(35-23)16-4-2-3-5-17(16)24(26,27)28/h2-12,32H,13H2,1H3. The summed E-state index contributed by atoms with van der Waals surface area (Å²) in [6, 6.07) is 13.1. The van der Waals surface area contributed by atoms with Gasteiger partial charge in [0.2, 0.25) is 5.88 Å². The molecule has 0 amide bonds. The highest BCUT2D eigenvalue weighted by molar-refractivity contribution is 5.82. The summed E-state index contributed by atoms with van der Waals surface area (Å²) >= 11 is 0. The van der Waals surface area contributed by atoms with Crippen molar-refractivity contribution in [2.24, 2.45) is 7.05 Å². The van der Waals surface area contributed by atoms with E-state index in [1.807, 2.05) is 0 Å². The van der Waals surface area contributed by atoms with Crippen molar-refractivity contribution in [3.8, 4) is 28.7 Å². The molecule has 0 spiro atoms. The first-order valence-electron chi connectivity index (χ1n) is 10.8. The van der Waals surface area contributed by atoms with E-state index in [9.17, 15) is 26.3 Å². The largest absolute Gasteiger partial charge is 0.471 e. The van der Waals surface area contributed by atoms with Gasteiger partial charge in [-0.05, 0) is 17.7 Å². The van der Waals surface area contributed by atoms with E-state index in [4.69, 9.17) is 4.74 Å². The number of ether oxygens (including phenoxy) is 1. The summed E-state index contributed by atoms with van der Waals surface area (Å²) in [4.78, 5) is 15.1. The lowest BCUT2D eigenvalue weighted by Crippen LogP contribution is -2.08. The molecule has 190 valence electrons. The molecule has 0 radical (unpaired) electrons. The second-order valence-electron chi connectivity index (χ2n) is 8.18. The molecule has 0 aliphatic heterocycles. The summed E-state index contributed by atoms with van der Waals surface area (Å²) in [5.41, 5.74) is -0.111. The van der Waals surface area contributed by atoms with E-state index >= 15 is 0 Å². The average Bonchev–Trinajstić information content (AvgIpc) is 3.49. The van der Waals surface area contributed by atoms with Gasteiger partial charge in [0, 0.05) is 30.6 Å². The van der Waals surface area contributed by atoms with E-state index in [-0.39, 0.29) is 29.7 Å². The predicted molar refractivity (Wildman–Crippen MR) is 122 cm³/mol. The number of alkyl halides is 6. The number of hydrogen-bond donors (Lipinski definition) is 1. The van der Waals surface area contributed by atoms with Crippen LogP contribution in [0, 0.1) is 0 Å². The normalized spacial score (nSPS) is 12.3. The first-order valence-corrected chi connectivity index (χ1v) is 10.8. The maximum Gasteiger partial charge on any atom is 0.434 e. The highest BCUT2D eigenvalue weighted by atomic mass is 19.4. The third-order valence-electron chi connectivity index (χ3n) is 5.60. The third kappa shape index (κ3) is 4.86. The first-order chi connectivity index (χ1) is 17.5. The van der Waals surface area contributed by atoms with E-state index in [2.05, 4.69) is 19.9 Å². The average molecular weight is 517 g/mol. The lowest BCUT2D eigenvalue weighted by molar-refractivity contribution is -0.141. The molecule has 3 heterocycles. The van der Waals surface area contributed by atoms with Crippen LogP contribution in [-0.4, -0.2) is 24.5 Å². The van der Waals surface area contributed by atoms with E-state index in [0.29, 0.717) is 22.2 Å². The summed E-state index contributed by atoms with van der Waals surface area (Å²) in [5.74, 6) is 0.0715. The van der Waals surface area contributed by atoms with Crippen LogP contribution in [0.5, 0.6) is 5.88 Å². The number of aryl methyl sites for hydroxylation is 1. The molecular formula is C25H17F6N5O. The van der Waals surface area contributed by atoms with Crippen molar-refractivity contribution >= 4 is 11.0 Å². The molecule has 5 aromatic rings. The Morgan fingerprint density at radius 1 is 0.865 bits per heavy atom. The van der Waals surface area contributed by atoms with Gasteiger partial charge in [0.05, 0.1) is 11.1 Å². The fourth-order valence-electron chi connectivity index (χ4n) is 3.84. The first kappa shape index (κ1) is 24.3. The molecule has 0 aliphatic rings. The number of benzene rings is 2. The Bertz CT molecular complexity index is 1570. The van der Waals surface area contributed by atoms with Gasteiger partial charge in [-0.3, -0.25) is 0 Å². The van der Waals surface area contributed by atoms with Gasteiger partial charge in [0.25, 0.3) is 0 Å². The Balaban J connectivity index is 1.41. The topological polar surface area (TPSA) is 68.6 Å². The van der Waals surface area contributed by atoms with Crippen molar-refractivity contribution in [2.75, 3.05) is 0 Å². The van der Waals surface area contributed by atoms with Crippen LogP contribution in [0.1, 0.15) is 16.8 Å². The molecule has 0 atom stereocenters. The van der Waals surface area contributed by atoms with E-state index in [1.165, 1.54) is 29.8 Å². The molecule has 0 fully saturated rings. The Morgan fingerprint density at radius 2 is 1.59 bits per heavy atom. The quantitative estimate of drug-likeness (QED) is 0.265. The Morgan fingerprint density at radius 3 is 2.27 bits per heavy atom. The summed E-state index contributed by atoms with van der Waals surface area (Å²) in [6.45, 7) is 0.000136. The number of fused-ring (bicyclic) bond motifs is 1. The Kier molecular flexibility index (Phi) is 5.89. The third-order valence-corrected chi connectivity index (χ3v) is 5.60. The fourth-order valence-corrected chi connectivity index (χ4v) is 3.84. The zero-order chi connectivity index (χ0) is 26.4. The van der Waals surface area contributed by atoms with Gasteiger partial charge >= 0.3 is 12.4 Å². The molecule has 3 aromatic heterocycles. The molecule has 37 heavy (non-hydrogen) atoms. The molecule has 12 heteroatoms. The molecule has 0 unspecified atom stereocenters. The number of H-pyrrole nitrogens is 1. The van der Waals surface area contributed by atoms with Crippen molar-refractivity contribution in [1.82, 2.24) is 24.5 Å². The van der Waals surface area contributed by atoms with Gasteiger partial charge < -0.3 is 14.3 Å². The van der Waals surface area contributed by atoms with Gasteiger partial charge in [0.1, 0.15) is 17.9 Å². The lowest BCUT2D eigenvalue weighted by Gasteiger charge is -2.13. The van der Waals surface area contributed by atoms with Crippen LogP contribution >= 0.6 is 0 Å². The number of hydrogen-bond acceptors (Lipinski definition) is 4. The second kappa shape index (κ2) is 8.95. The number of aromatic nitrogens is 5. The van der Waals surface area contributed by atoms with Gasteiger partial charge in [-0.15, -0.1) is 0 Å². The SMILES string of the molecule is Cn1cc(C(F)(F)F)nc1-c1ccc(COc2nc(-c3ccccc3C(F)(F)F)nc3cc[nH]c23)cc1. The summed E-state index contributed by atoms with van der Waals surface area (Å²) in [6.07, 6.45) is -6.66. The molecular weight excluding hydrogens is 500 g/mol. The van der Waals surface area contributed by atoms with Crippen LogP contribution in [0.15, 0.2) is 67.0 Å². The molecule has 6 nitrogen and oxygen atoms in total. The highest BCUT2D eigenvalue weighted by Crippen LogP contribution is 2.37. The number of nitrogens with one attached hydrogen (secondary N) is 1. The van der Waals surface area contributed by atoms with E-state index < -0.39 is 23.6 Å². The van der Waals surface area contributed by atoms with Gasteiger partial charge in [0.15, 0.2) is 11.5 Å². The molecule has 2 aromatic carbocycles. The Labute approximate surface area is 205 Å². The molecule has 5 rings (SSSR count). The van der Waals surface area contributed by atoms with E-state index in [0.717, 1.165) is 12.3 Å². The summed E-state index contributed by atoms with van der Waals surface area (Å²) < 4.78 is 86.7. The maximum absolute atomic E-state index is 13.5. The van der Waals surface area contributed by atoms with Crippen LogP contribution in [-0.2, 0) is 26.0 Å². The zero-order valence-electron chi connectivity index (χ0n) is 19.0. The lowest BCUT2D eigenvalue weighted by atomic mass is 10.1. The molecule has 0 aliphatic carbocycles. The number of rotatable bonds is 5. The zero-order valence-corrected chi connectivity index (χ0v) is 19.0. The molecule has 0 bridgehead atoms. The second-order valence-corrected chi connectivity index (χ2v) is 8.18. The maximum atomic E-state index is 13.5. The van der Waals surface area contributed by atoms with Crippen molar-refractivity contribution < 1.29 is 31.1 Å². The molecule has 0 saturated heterocycles. The predicted octanol–water partition coefficient (Wildman–Crippen LogP) is 6.64. The number of imidazole rings is 1. The van der Waals surface area contributed by atoms with Gasteiger partial charge in [-0.2, -0.15) is 31.3 Å². The van der Waals surface area contributed by atoms with Crippen molar-refractivity contribution in [3.63, 3.8) is 0 Å². The summed E-state index contributed by atoms with van der Waals surface area (Å²) in [7, 11) is 1.47.